The van der Waals surface area contributed by atoms with Crippen LogP contribution in [0.25, 0.3) is 11.0 Å². The molecule has 0 atom stereocenters. The topological polar surface area (TPSA) is 76.9 Å². The molecule has 0 saturated heterocycles. The van der Waals surface area contributed by atoms with Crippen LogP contribution in [0.1, 0.15) is 50.1 Å². The van der Waals surface area contributed by atoms with Crippen LogP contribution in [-0.4, -0.2) is 40.0 Å². The summed E-state index contributed by atoms with van der Waals surface area (Å²) in [6.07, 6.45) is 11.0. The van der Waals surface area contributed by atoms with E-state index in [9.17, 15) is 0 Å². The van der Waals surface area contributed by atoms with Gasteiger partial charge < -0.3 is 15.4 Å². The first-order valence-electron chi connectivity index (χ1n) is 10.6. The number of rotatable bonds is 9. The molecule has 1 aliphatic carbocycles. The second-order valence-corrected chi connectivity index (χ2v) is 7.70. The first kappa shape index (κ1) is 19.8. The number of aromatic nitrogens is 4. The van der Waals surface area contributed by atoms with Gasteiger partial charge in [0.05, 0.1) is 17.6 Å². The lowest BCUT2D eigenvalue weighted by Gasteiger charge is -2.22. The van der Waals surface area contributed by atoms with Gasteiger partial charge in [0.15, 0.2) is 5.65 Å². The van der Waals surface area contributed by atoms with Gasteiger partial charge >= 0.3 is 0 Å². The molecule has 0 amide bonds. The summed E-state index contributed by atoms with van der Waals surface area (Å²) in [6, 6.07) is 8.84. The van der Waals surface area contributed by atoms with E-state index >= 15 is 0 Å². The van der Waals surface area contributed by atoms with Crippen molar-refractivity contribution in [2.24, 2.45) is 0 Å². The largest absolute Gasteiger partial charge is 0.385 e. The highest BCUT2D eigenvalue weighted by atomic mass is 16.5. The highest BCUT2D eigenvalue weighted by Crippen LogP contribution is 2.30. The summed E-state index contributed by atoms with van der Waals surface area (Å²) in [5.41, 5.74) is 3.15. The summed E-state index contributed by atoms with van der Waals surface area (Å²) in [5.74, 6) is 0.612. The molecule has 2 N–H and O–H groups in total. The van der Waals surface area contributed by atoms with Crippen LogP contribution in [0.15, 0.2) is 36.7 Å². The van der Waals surface area contributed by atoms with Gasteiger partial charge in [-0.2, -0.15) is 10.1 Å². The maximum atomic E-state index is 5.06. The van der Waals surface area contributed by atoms with Crippen molar-refractivity contribution in [1.29, 1.82) is 0 Å². The fourth-order valence-electron chi connectivity index (χ4n) is 3.90. The third-order valence-corrected chi connectivity index (χ3v) is 5.50. The second-order valence-electron chi connectivity index (χ2n) is 7.70. The second kappa shape index (κ2) is 9.80. The molecule has 3 aromatic rings. The summed E-state index contributed by atoms with van der Waals surface area (Å²) in [6.45, 7) is 2.60. The molecule has 0 spiro atoms. The molecule has 2 aromatic heterocycles. The molecule has 2 heterocycles. The normalized spacial score (nSPS) is 15.1. The Hall–Kier alpha value is -2.51. The molecule has 1 aromatic carbocycles. The van der Waals surface area contributed by atoms with E-state index in [1.807, 2.05) is 12.4 Å². The highest BCUT2D eigenvalue weighted by molar-refractivity contribution is 5.75. The molecule has 1 saturated carbocycles. The lowest BCUT2D eigenvalue weighted by Crippen LogP contribution is -2.16. The van der Waals surface area contributed by atoms with E-state index in [2.05, 4.69) is 49.7 Å². The van der Waals surface area contributed by atoms with Crippen molar-refractivity contribution in [2.45, 2.75) is 51.1 Å². The predicted molar refractivity (Wildman–Crippen MR) is 115 cm³/mol. The zero-order valence-corrected chi connectivity index (χ0v) is 17.1. The van der Waals surface area contributed by atoms with E-state index in [0.29, 0.717) is 12.0 Å². The molecule has 7 nitrogen and oxygen atoms in total. The summed E-state index contributed by atoms with van der Waals surface area (Å²) in [4.78, 5) is 9.22. The Morgan fingerprint density at radius 3 is 2.72 bits per heavy atom. The zero-order chi connectivity index (χ0) is 19.9. The smallest absolute Gasteiger partial charge is 0.229 e. The van der Waals surface area contributed by atoms with Crippen LogP contribution in [0.4, 0.5) is 11.6 Å². The quantitative estimate of drug-likeness (QED) is 0.530. The Bertz CT molecular complexity index is 901. The average molecular weight is 395 g/mol. The number of hydrogen-bond acceptors (Lipinski definition) is 6. The van der Waals surface area contributed by atoms with Crippen LogP contribution in [0.2, 0.25) is 0 Å². The van der Waals surface area contributed by atoms with E-state index in [-0.39, 0.29) is 0 Å². The number of methoxy groups -OCH3 is 1. The zero-order valence-electron chi connectivity index (χ0n) is 17.1. The Kier molecular flexibility index (Phi) is 6.69. The van der Waals surface area contributed by atoms with Crippen LogP contribution in [0, 0.1) is 0 Å². The Morgan fingerprint density at radius 2 is 1.93 bits per heavy atom. The molecule has 29 heavy (non-hydrogen) atoms. The van der Waals surface area contributed by atoms with Gasteiger partial charge in [-0.15, -0.1) is 0 Å². The van der Waals surface area contributed by atoms with Crippen molar-refractivity contribution in [2.75, 3.05) is 25.6 Å². The van der Waals surface area contributed by atoms with Crippen LogP contribution in [-0.2, 0) is 11.3 Å². The molecule has 7 heteroatoms. The van der Waals surface area contributed by atoms with Crippen molar-refractivity contribution in [3.63, 3.8) is 0 Å². The van der Waals surface area contributed by atoms with Gasteiger partial charge in [-0.25, -0.2) is 9.67 Å². The van der Waals surface area contributed by atoms with Crippen molar-refractivity contribution in [3.8, 4) is 0 Å². The van der Waals surface area contributed by atoms with Crippen molar-refractivity contribution >= 4 is 22.7 Å². The Morgan fingerprint density at radius 1 is 1.10 bits per heavy atom. The third-order valence-electron chi connectivity index (χ3n) is 5.50. The number of hydrogen-bond donors (Lipinski definition) is 2. The van der Waals surface area contributed by atoms with Crippen LogP contribution in [0.5, 0.6) is 0 Å². The van der Waals surface area contributed by atoms with Crippen LogP contribution < -0.4 is 10.6 Å². The number of fused-ring (bicyclic) bond motifs is 1. The number of ether oxygens (including phenoxy) is 1. The third kappa shape index (κ3) is 5.10. The van der Waals surface area contributed by atoms with Gasteiger partial charge in [-0.1, -0.05) is 31.4 Å². The van der Waals surface area contributed by atoms with Crippen molar-refractivity contribution in [3.05, 3.63) is 42.2 Å². The first-order valence-corrected chi connectivity index (χ1v) is 10.6. The SMILES string of the molecule is COCCCNCc1ccc(Nc2ncc3cnn(C4CCCCC4)c3n2)cc1. The summed E-state index contributed by atoms with van der Waals surface area (Å²) in [5, 5.41) is 12.3. The summed E-state index contributed by atoms with van der Waals surface area (Å²) >= 11 is 0. The van der Waals surface area contributed by atoms with Gasteiger partial charge in [-0.3, -0.25) is 0 Å². The van der Waals surface area contributed by atoms with E-state index in [0.717, 1.165) is 42.8 Å². The fourth-order valence-corrected chi connectivity index (χ4v) is 3.90. The molecule has 0 unspecified atom stereocenters. The average Bonchev–Trinajstić information content (AvgIpc) is 3.19. The predicted octanol–water partition coefficient (Wildman–Crippen LogP) is 4.20. The fraction of sp³-hybridized carbons (Fsp3) is 0.500. The number of anilines is 2. The van der Waals surface area contributed by atoms with Crippen molar-refractivity contribution < 1.29 is 4.74 Å². The molecule has 4 rings (SSSR count). The van der Waals surface area contributed by atoms with E-state index in [1.54, 1.807) is 7.11 Å². The summed E-state index contributed by atoms with van der Waals surface area (Å²) in [7, 11) is 1.73. The Labute approximate surface area is 171 Å². The lowest BCUT2D eigenvalue weighted by atomic mass is 9.96. The minimum atomic E-state index is 0.458. The monoisotopic (exact) mass is 394 g/mol. The molecule has 1 aliphatic rings. The maximum absolute atomic E-state index is 5.06. The minimum absolute atomic E-state index is 0.458. The highest BCUT2D eigenvalue weighted by Gasteiger charge is 2.19. The molecule has 0 bridgehead atoms. The van der Waals surface area contributed by atoms with E-state index < -0.39 is 0 Å². The number of nitrogens with one attached hydrogen (secondary N) is 2. The summed E-state index contributed by atoms with van der Waals surface area (Å²) < 4.78 is 7.16. The molecule has 1 fully saturated rings. The van der Waals surface area contributed by atoms with Gasteiger partial charge in [0.2, 0.25) is 5.95 Å². The Balaban J connectivity index is 1.39. The number of nitrogens with zero attached hydrogens (tertiary/aromatic N) is 4. The molecule has 154 valence electrons. The van der Waals surface area contributed by atoms with E-state index in [1.165, 1.54) is 37.7 Å². The van der Waals surface area contributed by atoms with Crippen molar-refractivity contribution in [1.82, 2.24) is 25.1 Å². The molecule has 0 radical (unpaired) electrons. The van der Waals surface area contributed by atoms with Crippen LogP contribution >= 0.6 is 0 Å². The van der Waals surface area contributed by atoms with Gasteiger partial charge in [0.1, 0.15) is 0 Å². The minimum Gasteiger partial charge on any atom is -0.385 e. The van der Waals surface area contributed by atoms with Gasteiger partial charge in [-0.05, 0) is 43.5 Å². The van der Waals surface area contributed by atoms with E-state index in [4.69, 9.17) is 9.72 Å². The van der Waals surface area contributed by atoms with Crippen LogP contribution in [0.3, 0.4) is 0 Å². The first-order chi connectivity index (χ1) is 14.3. The molecular formula is C22H30N6O. The standard InChI is InChI=1S/C22H30N6O/c1-29-13-5-12-23-14-17-8-10-19(11-9-17)26-22-24-15-18-16-25-28(21(18)27-22)20-6-3-2-4-7-20/h8-11,15-16,20,23H,2-7,12-14H2,1H3,(H,24,26,27). The van der Waals surface area contributed by atoms with Gasteiger partial charge in [0.25, 0.3) is 0 Å². The molecule has 0 aliphatic heterocycles. The maximum Gasteiger partial charge on any atom is 0.229 e. The number of benzene rings is 1. The van der Waals surface area contributed by atoms with Gasteiger partial charge in [0, 0.05) is 32.1 Å². The molecular weight excluding hydrogens is 364 g/mol. The lowest BCUT2D eigenvalue weighted by molar-refractivity contribution is 0.194.